The molecule has 1 aliphatic carbocycles. The lowest BCUT2D eigenvalue weighted by Crippen LogP contribution is -2.56. The molecule has 2 aromatic carbocycles. The van der Waals surface area contributed by atoms with Gasteiger partial charge in [0.15, 0.2) is 15.7 Å². The van der Waals surface area contributed by atoms with Crippen molar-refractivity contribution in [3.63, 3.8) is 0 Å². The van der Waals surface area contributed by atoms with E-state index in [4.69, 9.17) is 23.2 Å². The maximum atomic E-state index is 14.0. The van der Waals surface area contributed by atoms with Crippen molar-refractivity contribution in [1.82, 2.24) is 19.2 Å². The van der Waals surface area contributed by atoms with Crippen LogP contribution in [0.5, 0.6) is 0 Å². The van der Waals surface area contributed by atoms with Crippen LogP contribution in [0.15, 0.2) is 64.6 Å². The van der Waals surface area contributed by atoms with Gasteiger partial charge in [-0.05, 0) is 57.0 Å². The summed E-state index contributed by atoms with van der Waals surface area (Å²) in [7, 11) is -7.96. The molecular formula is C26H26Cl2N6O4S2. The van der Waals surface area contributed by atoms with Crippen LogP contribution in [0.3, 0.4) is 0 Å². The van der Waals surface area contributed by atoms with Crippen LogP contribution in [0.2, 0.25) is 10.0 Å². The van der Waals surface area contributed by atoms with Crippen LogP contribution < -0.4 is 9.80 Å². The fourth-order valence-corrected chi connectivity index (χ4v) is 8.01. The van der Waals surface area contributed by atoms with E-state index < -0.39 is 25.1 Å². The monoisotopic (exact) mass is 620 g/mol. The summed E-state index contributed by atoms with van der Waals surface area (Å²) >= 11 is 12.6. The van der Waals surface area contributed by atoms with Gasteiger partial charge < -0.3 is 9.80 Å². The molecule has 1 aliphatic heterocycles. The van der Waals surface area contributed by atoms with Gasteiger partial charge in [-0.15, -0.1) is 5.10 Å². The van der Waals surface area contributed by atoms with Gasteiger partial charge in [-0.25, -0.2) is 18.4 Å². The standard InChI is InChI=1S/C26H26Cl2N6O4S2/c1-17(2)39(35,36)19-5-3-6-20(13-19)40(37,38)34-22-8-4-7-21(28)23(22)24(31-34)33-12-11-32(16-26(33)9-10-26)25-29-14-18(27)15-30-25/h3-8,13-15,17H,9-12,16H2,1-2H3. The highest BCUT2D eigenvalue weighted by atomic mass is 35.5. The molecule has 210 valence electrons. The number of nitrogens with zero attached hydrogens (tertiary/aromatic N) is 6. The maximum Gasteiger partial charge on any atom is 0.283 e. The summed E-state index contributed by atoms with van der Waals surface area (Å²) in [5.41, 5.74) is 0.0422. The van der Waals surface area contributed by atoms with Gasteiger partial charge >= 0.3 is 0 Å². The Labute approximate surface area is 242 Å². The van der Waals surface area contributed by atoms with Crippen LogP contribution in [-0.4, -0.2) is 66.4 Å². The van der Waals surface area contributed by atoms with Gasteiger partial charge in [-0.3, -0.25) is 0 Å². The molecular weight excluding hydrogens is 595 g/mol. The van der Waals surface area contributed by atoms with E-state index in [9.17, 15) is 16.8 Å². The average Bonchev–Trinajstić information content (AvgIpc) is 3.57. The average molecular weight is 622 g/mol. The smallest absolute Gasteiger partial charge is 0.283 e. The third-order valence-electron chi connectivity index (χ3n) is 7.51. The molecule has 14 heteroatoms. The number of benzene rings is 2. The van der Waals surface area contributed by atoms with Crippen molar-refractivity contribution in [2.24, 2.45) is 0 Å². The molecule has 2 aromatic heterocycles. The van der Waals surface area contributed by atoms with Crippen LogP contribution >= 0.6 is 23.2 Å². The van der Waals surface area contributed by atoms with E-state index in [2.05, 4.69) is 24.9 Å². The Morgan fingerprint density at radius 3 is 2.27 bits per heavy atom. The first-order valence-electron chi connectivity index (χ1n) is 12.7. The number of fused-ring (bicyclic) bond motifs is 1. The fraction of sp³-hybridized carbons (Fsp3) is 0.346. The molecule has 0 N–H and O–H groups in total. The van der Waals surface area contributed by atoms with E-state index in [0.29, 0.717) is 52.3 Å². The number of anilines is 2. The third-order valence-corrected chi connectivity index (χ3v) is 11.8. The van der Waals surface area contributed by atoms with Gasteiger partial charge in [-0.2, -0.15) is 12.5 Å². The molecule has 3 heterocycles. The molecule has 0 bridgehead atoms. The number of hydrogen-bond donors (Lipinski definition) is 0. The number of piperazine rings is 1. The van der Waals surface area contributed by atoms with Gasteiger partial charge in [0.1, 0.15) is 0 Å². The molecule has 2 fully saturated rings. The van der Waals surface area contributed by atoms with Gasteiger partial charge in [0.2, 0.25) is 5.95 Å². The lowest BCUT2D eigenvalue weighted by atomic mass is 10.1. The molecule has 0 amide bonds. The molecule has 10 nitrogen and oxygen atoms in total. The molecule has 1 saturated carbocycles. The number of sulfone groups is 1. The van der Waals surface area contributed by atoms with Crippen molar-refractivity contribution >= 4 is 65.7 Å². The molecule has 2 aliphatic rings. The first kappa shape index (κ1) is 27.3. The summed E-state index contributed by atoms with van der Waals surface area (Å²) in [5.74, 6) is 1.06. The second-order valence-corrected chi connectivity index (χ2v) is 15.5. The largest absolute Gasteiger partial charge is 0.345 e. The number of aromatic nitrogens is 4. The Kier molecular flexibility index (Phi) is 6.52. The summed E-state index contributed by atoms with van der Waals surface area (Å²) in [4.78, 5) is 12.7. The van der Waals surface area contributed by atoms with Crippen molar-refractivity contribution in [3.8, 4) is 0 Å². The molecule has 6 rings (SSSR count). The Hall–Kier alpha value is -2.93. The molecule has 1 saturated heterocycles. The molecule has 0 unspecified atom stereocenters. The Balaban J connectivity index is 1.43. The quantitative estimate of drug-likeness (QED) is 0.309. The summed E-state index contributed by atoms with van der Waals surface area (Å²) in [5, 5.41) is 5.32. The van der Waals surface area contributed by atoms with Crippen molar-refractivity contribution < 1.29 is 16.8 Å². The summed E-state index contributed by atoms with van der Waals surface area (Å²) in [6, 6.07) is 10.4. The molecule has 1 spiro atoms. The van der Waals surface area contributed by atoms with Crippen molar-refractivity contribution in [3.05, 3.63) is 64.9 Å². The minimum Gasteiger partial charge on any atom is -0.345 e. The molecule has 0 atom stereocenters. The van der Waals surface area contributed by atoms with Crippen LogP contribution in [-0.2, 0) is 19.9 Å². The lowest BCUT2D eigenvalue weighted by Gasteiger charge is -2.42. The van der Waals surface area contributed by atoms with E-state index in [1.807, 2.05) is 0 Å². The molecule has 40 heavy (non-hydrogen) atoms. The predicted octanol–water partition coefficient (Wildman–Crippen LogP) is 4.41. The minimum atomic E-state index is -4.27. The van der Waals surface area contributed by atoms with Gasteiger partial charge in [0.25, 0.3) is 10.0 Å². The Bertz CT molecular complexity index is 1840. The first-order chi connectivity index (χ1) is 18.9. The zero-order chi connectivity index (χ0) is 28.4. The van der Waals surface area contributed by atoms with E-state index in [1.165, 1.54) is 24.3 Å². The van der Waals surface area contributed by atoms with Crippen LogP contribution in [0, 0.1) is 0 Å². The highest BCUT2D eigenvalue weighted by Crippen LogP contribution is 2.49. The van der Waals surface area contributed by atoms with Crippen molar-refractivity contribution in [1.29, 1.82) is 0 Å². The zero-order valence-corrected chi connectivity index (χ0v) is 24.8. The van der Waals surface area contributed by atoms with Crippen LogP contribution in [0.25, 0.3) is 10.9 Å². The predicted molar refractivity (Wildman–Crippen MR) is 155 cm³/mol. The van der Waals surface area contributed by atoms with Crippen molar-refractivity contribution in [2.45, 2.75) is 47.3 Å². The highest BCUT2D eigenvalue weighted by molar-refractivity contribution is 7.92. The highest BCUT2D eigenvalue weighted by Gasteiger charge is 2.53. The Morgan fingerprint density at radius 2 is 1.60 bits per heavy atom. The third kappa shape index (κ3) is 4.41. The molecule has 4 aromatic rings. The van der Waals surface area contributed by atoms with Gasteiger partial charge in [0.05, 0.1) is 53.9 Å². The summed E-state index contributed by atoms with van der Waals surface area (Å²) < 4.78 is 54.4. The minimum absolute atomic E-state index is 0.0595. The normalized spacial score (nSPS) is 17.2. The Morgan fingerprint density at radius 1 is 0.925 bits per heavy atom. The van der Waals surface area contributed by atoms with E-state index in [1.54, 1.807) is 44.4 Å². The number of hydrogen-bond acceptors (Lipinski definition) is 9. The maximum absolute atomic E-state index is 14.0. The van der Waals surface area contributed by atoms with Gasteiger partial charge in [-0.1, -0.05) is 35.3 Å². The second-order valence-electron chi connectivity index (χ2n) is 10.4. The lowest BCUT2D eigenvalue weighted by molar-refractivity contribution is 0.498. The fourth-order valence-electron chi connectivity index (χ4n) is 5.16. The van der Waals surface area contributed by atoms with E-state index in [0.717, 1.165) is 16.9 Å². The first-order valence-corrected chi connectivity index (χ1v) is 16.5. The molecule has 0 radical (unpaired) electrons. The van der Waals surface area contributed by atoms with E-state index >= 15 is 0 Å². The number of rotatable bonds is 6. The zero-order valence-electron chi connectivity index (χ0n) is 21.7. The second kappa shape index (κ2) is 9.57. The topological polar surface area (TPSA) is 118 Å². The van der Waals surface area contributed by atoms with Crippen molar-refractivity contribution in [2.75, 3.05) is 29.4 Å². The SMILES string of the molecule is CC(C)S(=O)(=O)c1cccc(S(=O)(=O)n2nc(N3CCN(c4ncc(Cl)cn4)CC34CC4)c3c(Cl)cccc32)c1. The van der Waals surface area contributed by atoms with E-state index in [-0.39, 0.29) is 15.3 Å². The van der Waals surface area contributed by atoms with Crippen LogP contribution in [0.4, 0.5) is 11.8 Å². The van der Waals surface area contributed by atoms with Gasteiger partial charge in [0, 0.05) is 19.6 Å². The van der Waals surface area contributed by atoms with Crippen LogP contribution in [0.1, 0.15) is 26.7 Å². The summed E-state index contributed by atoms with van der Waals surface area (Å²) in [6.07, 6.45) is 4.91. The number of halogens is 2. The summed E-state index contributed by atoms with van der Waals surface area (Å²) in [6.45, 7) is 4.88.